The minimum Gasteiger partial charge on any atom is -0.380 e. The van der Waals surface area contributed by atoms with Gasteiger partial charge in [-0.05, 0) is 19.5 Å². The molecule has 4 heteroatoms. The van der Waals surface area contributed by atoms with Gasteiger partial charge in [-0.3, -0.25) is 4.68 Å². The Morgan fingerprint density at radius 1 is 1.50 bits per heavy atom. The van der Waals surface area contributed by atoms with Gasteiger partial charge in [-0.15, -0.1) is 0 Å². The molecule has 0 atom stereocenters. The van der Waals surface area contributed by atoms with Crippen LogP contribution in [0.1, 0.15) is 19.0 Å². The molecule has 0 saturated heterocycles. The van der Waals surface area contributed by atoms with Gasteiger partial charge in [-0.2, -0.15) is 5.10 Å². The molecule has 0 spiro atoms. The molecule has 14 heavy (non-hydrogen) atoms. The summed E-state index contributed by atoms with van der Waals surface area (Å²) in [4.78, 5) is 0. The normalized spacial score (nSPS) is 10.7. The molecule has 0 bridgehead atoms. The summed E-state index contributed by atoms with van der Waals surface area (Å²) in [6, 6.07) is 2.02. The summed E-state index contributed by atoms with van der Waals surface area (Å²) in [6.45, 7) is 5.38. The first-order chi connectivity index (χ1) is 6.88. The van der Waals surface area contributed by atoms with Crippen molar-refractivity contribution in [3.05, 3.63) is 18.0 Å². The van der Waals surface area contributed by atoms with E-state index in [-0.39, 0.29) is 0 Å². The van der Waals surface area contributed by atoms with E-state index in [0.717, 1.165) is 32.7 Å². The van der Waals surface area contributed by atoms with Gasteiger partial charge >= 0.3 is 0 Å². The predicted molar refractivity (Wildman–Crippen MR) is 56.1 cm³/mol. The van der Waals surface area contributed by atoms with Crippen molar-refractivity contribution in [2.24, 2.45) is 0 Å². The molecular weight excluding hydrogens is 178 g/mol. The Morgan fingerprint density at radius 3 is 3.07 bits per heavy atom. The van der Waals surface area contributed by atoms with E-state index in [1.54, 1.807) is 0 Å². The van der Waals surface area contributed by atoms with Crippen LogP contribution in [0.4, 0.5) is 0 Å². The van der Waals surface area contributed by atoms with E-state index in [1.165, 1.54) is 5.69 Å². The SMILES string of the molecule is CCCOCCn1nccc1CNC. The molecule has 80 valence electrons. The Morgan fingerprint density at radius 2 is 2.36 bits per heavy atom. The molecule has 1 aromatic rings. The van der Waals surface area contributed by atoms with Crippen molar-refractivity contribution < 1.29 is 4.74 Å². The molecule has 4 nitrogen and oxygen atoms in total. The van der Waals surface area contributed by atoms with Crippen LogP contribution in [0, 0.1) is 0 Å². The number of hydrogen-bond acceptors (Lipinski definition) is 3. The van der Waals surface area contributed by atoms with Gasteiger partial charge in [-0.25, -0.2) is 0 Å². The average molecular weight is 197 g/mol. The molecule has 1 rings (SSSR count). The second-order valence-electron chi connectivity index (χ2n) is 3.19. The number of ether oxygens (including phenoxy) is 1. The van der Waals surface area contributed by atoms with Crippen LogP contribution < -0.4 is 5.32 Å². The van der Waals surface area contributed by atoms with Crippen LogP contribution in [0.5, 0.6) is 0 Å². The standard InChI is InChI=1S/C10H19N3O/c1-3-7-14-8-6-13-10(9-11-2)4-5-12-13/h4-5,11H,3,6-9H2,1-2H3. The van der Waals surface area contributed by atoms with Crippen LogP contribution in [-0.4, -0.2) is 30.0 Å². The Bertz CT molecular complexity index is 247. The summed E-state index contributed by atoms with van der Waals surface area (Å²) in [5, 5.41) is 7.34. The molecule has 1 heterocycles. The van der Waals surface area contributed by atoms with Gasteiger partial charge in [0.2, 0.25) is 0 Å². The summed E-state index contributed by atoms with van der Waals surface area (Å²) in [7, 11) is 1.94. The topological polar surface area (TPSA) is 39.1 Å². The Hall–Kier alpha value is -0.870. The first-order valence-corrected chi connectivity index (χ1v) is 5.11. The molecule has 0 aliphatic heterocycles. The lowest BCUT2D eigenvalue weighted by Gasteiger charge is -2.07. The van der Waals surface area contributed by atoms with Crippen molar-refractivity contribution in [1.82, 2.24) is 15.1 Å². The summed E-state index contributed by atoms with van der Waals surface area (Å²) in [6.07, 6.45) is 2.90. The number of hydrogen-bond donors (Lipinski definition) is 1. The molecule has 0 aromatic carbocycles. The van der Waals surface area contributed by atoms with Crippen molar-refractivity contribution >= 4 is 0 Å². The fraction of sp³-hybridized carbons (Fsp3) is 0.700. The third-order valence-electron chi connectivity index (χ3n) is 1.96. The van der Waals surface area contributed by atoms with Crippen LogP contribution >= 0.6 is 0 Å². The molecule has 0 fully saturated rings. The average Bonchev–Trinajstić information content (AvgIpc) is 2.61. The van der Waals surface area contributed by atoms with Crippen LogP contribution in [0.25, 0.3) is 0 Å². The Balaban J connectivity index is 2.30. The summed E-state index contributed by atoms with van der Waals surface area (Å²) < 4.78 is 7.39. The second kappa shape index (κ2) is 6.56. The summed E-state index contributed by atoms with van der Waals surface area (Å²) in [5.74, 6) is 0. The highest BCUT2D eigenvalue weighted by molar-refractivity contribution is 4.99. The Labute approximate surface area is 85.3 Å². The molecule has 0 aliphatic carbocycles. The smallest absolute Gasteiger partial charge is 0.0662 e. The van der Waals surface area contributed by atoms with Crippen LogP contribution in [0.15, 0.2) is 12.3 Å². The van der Waals surface area contributed by atoms with E-state index in [0.29, 0.717) is 0 Å². The van der Waals surface area contributed by atoms with E-state index in [2.05, 4.69) is 17.3 Å². The van der Waals surface area contributed by atoms with Gasteiger partial charge < -0.3 is 10.1 Å². The van der Waals surface area contributed by atoms with Crippen LogP contribution in [-0.2, 0) is 17.8 Å². The number of rotatable bonds is 7. The van der Waals surface area contributed by atoms with E-state index in [9.17, 15) is 0 Å². The number of nitrogens with one attached hydrogen (secondary N) is 1. The third kappa shape index (κ3) is 3.47. The van der Waals surface area contributed by atoms with Gasteiger partial charge in [0.05, 0.1) is 18.8 Å². The minimum atomic E-state index is 0.742. The monoisotopic (exact) mass is 197 g/mol. The zero-order valence-corrected chi connectivity index (χ0v) is 8.99. The van der Waals surface area contributed by atoms with E-state index >= 15 is 0 Å². The largest absolute Gasteiger partial charge is 0.380 e. The first-order valence-electron chi connectivity index (χ1n) is 5.11. The summed E-state index contributed by atoms with van der Waals surface area (Å²) >= 11 is 0. The van der Waals surface area contributed by atoms with Crippen LogP contribution in [0.2, 0.25) is 0 Å². The minimum absolute atomic E-state index is 0.742. The van der Waals surface area contributed by atoms with Crippen molar-refractivity contribution in [2.75, 3.05) is 20.3 Å². The third-order valence-corrected chi connectivity index (χ3v) is 1.96. The lowest BCUT2D eigenvalue weighted by molar-refractivity contribution is 0.123. The number of aromatic nitrogens is 2. The maximum Gasteiger partial charge on any atom is 0.0662 e. The lowest BCUT2D eigenvalue weighted by Crippen LogP contribution is -2.15. The Kier molecular flexibility index (Phi) is 5.25. The molecule has 0 unspecified atom stereocenters. The van der Waals surface area contributed by atoms with Crippen molar-refractivity contribution in [3.63, 3.8) is 0 Å². The molecule has 0 amide bonds. The fourth-order valence-electron chi connectivity index (χ4n) is 1.29. The molecule has 1 N–H and O–H groups in total. The maximum atomic E-state index is 5.41. The van der Waals surface area contributed by atoms with Gasteiger partial charge in [0.25, 0.3) is 0 Å². The highest BCUT2D eigenvalue weighted by Crippen LogP contribution is 1.98. The molecule has 0 aliphatic rings. The maximum absolute atomic E-state index is 5.41. The fourth-order valence-corrected chi connectivity index (χ4v) is 1.29. The van der Waals surface area contributed by atoms with E-state index in [1.807, 2.05) is 24.0 Å². The van der Waals surface area contributed by atoms with E-state index in [4.69, 9.17) is 4.74 Å². The zero-order chi connectivity index (χ0) is 10.2. The first kappa shape index (κ1) is 11.2. The van der Waals surface area contributed by atoms with Gasteiger partial charge in [-0.1, -0.05) is 6.92 Å². The summed E-state index contributed by atoms with van der Waals surface area (Å²) in [5.41, 5.74) is 1.20. The van der Waals surface area contributed by atoms with E-state index < -0.39 is 0 Å². The quantitative estimate of drug-likeness (QED) is 0.664. The lowest BCUT2D eigenvalue weighted by atomic mass is 10.4. The van der Waals surface area contributed by atoms with Gasteiger partial charge in [0, 0.05) is 19.3 Å². The van der Waals surface area contributed by atoms with Crippen molar-refractivity contribution in [3.8, 4) is 0 Å². The second-order valence-corrected chi connectivity index (χ2v) is 3.19. The van der Waals surface area contributed by atoms with Gasteiger partial charge in [0.1, 0.15) is 0 Å². The predicted octanol–water partition coefficient (Wildman–Crippen LogP) is 1.03. The molecule has 1 aromatic heterocycles. The highest BCUT2D eigenvalue weighted by atomic mass is 16.5. The van der Waals surface area contributed by atoms with Crippen LogP contribution in [0.3, 0.4) is 0 Å². The van der Waals surface area contributed by atoms with Gasteiger partial charge in [0.15, 0.2) is 0 Å². The van der Waals surface area contributed by atoms with Crippen molar-refractivity contribution in [1.29, 1.82) is 0 Å². The molecular formula is C10H19N3O. The highest BCUT2D eigenvalue weighted by Gasteiger charge is 1.99. The molecule has 0 radical (unpaired) electrons. The molecule has 0 saturated carbocycles. The van der Waals surface area contributed by atoms with Crippen molar-refractivity contribution in [2.45, 2.75) is 26.4 Å². The zero-order valence-electron chi connectivity index (χ0n) is 8.99. The number of nitrogens with zero attached hydrogens (tertiary/aromatic N) is 2.